The fourth-order valence-corrected chi connectivity index (χ4v) is 3.85. The Hall–Kier alpha value is -1.04. The van der Waals surface area contributed by atoms with E-state index < -0.39 is 11.7 Å². The van der Waals surface area contributed by atoms with Crippen LogP contribution >= 0.6 is 15.9 Å². The minimum Gasteiger partial charge on any atom is -0.338 e. The first-order valence-corrected chi connectivity index (χ1v) is 7.81. The Bertz CT molecular complexity index is 561. The number of fused-ring (bicyclic) bond motifs is 1. The number of amides is 1. The van der Waals surface area contributed by atoms with Gasteiger partial charge >= 0.3 is 6.18 Å². The third kappa shape index (κ3) is 2.82. The minimum absolute atomic E-state index is 0.102. The molecular formula is C15H15BrF3NO. The zero-order valence-corrected chi connectivity index (χ0v) is 12.9. The van der Waals surface area contributed by atoms with Gasteiger partial charge in [0, 0.05) is 17.6 Å². The Labute approximate surface area is 129 Å². The number of hydrogen-bond donors (Lipinski definition) is 0. The maximum Gasteiger partial charge on any atom is 0.416 e. The van der Waals surface area contributed by atoms with Gasteiger partial charge in [-0.25, -0.2) is 0 Å². The molecule has 2 aliphatic rings. The molecule has 0 radical (unpaired) electrons. The molecule has 1 aliphatic carbocycles. The summed E-state index contributed by atoms with van der Waals surface area (Å²) in [6.45, 7) is 1.35. The Morgan fingerprint density at radius 3 is 2.38 bits per heavy atom. The van der Waals surface area contributed by atoms with Crippen molar-refractivity contribution in [1.82, 2.24) is 4.90 Å². The smallest absolute Gasteiger partial charge is 0.338 e. The number of rotatable bonds is 1. The van der Waals surface area contributed by atoms with Gasteiger partial charge in [0.1, 0.15) is 0 Å². The van der Waals surface area contributed by atoms with Crippen LogP contribution in [0.4, 0.5) is 13.2 Å². The lowest BCUT2D eigenvalue weighted by Gasteiger charge is -2.19. The largest absolute Gasteiger partial charge is 0.416 e. The number of benzene rings is 1. The van der Waals surface area contributed by atoms with Crippen LogP contribution in [0, 0.1) is 11.8 Å². The van der Waals surface area contributed by atoms with Gasteiger partial charge in [-0.05, 0) is 58.8 Å². The van der Waals surface area contributed by atoms with E-state index in [4.69, 9.17) is 0 Å². The Morgan fingerprint density at radius 2 is 1.81 bits per heavy atom. The summed E-state index contributed by atoms with van der Waals surface area (Å²) < 4.78 is 38.8. The topological polar surface area (TPSA) is 20.3 Å². The van der Waals surface area contributed by atoms with Crippen molar-refractivity contribution in [3.8, 4) is 0 Å². The standard InChI is InChI=1S/C15H15BrF3NO/c16-13-5-4-11(15(17,18)19)6-12(13)14(21)20-7-9-2-1-3-10(9)8-20/h4-6,9-10H,1-3,7-8H2. The predicted octanol–water partition coefficient (Wildman–Crippen LogP) is 4.34. The SMILES string of the molecule is O=C(c1cc(C(F)(F)F)ccc1Br)N1CC2CCCC2C1. The van der Waals surface area contributed by atoms with Crippen LogP contribution in [0.1, 0.15) is 35.2 Å². The van der Waals surface area contributed by atoms with Crippen LogP contribution in [-0.4, -0.2) is 23.9 Å². The zero-order valence-electron chi connectivity index (χ0n) is 11.3. The molecule has 1 aliphatic heterocycles. The summed E-state index contributed by atoms with van der Waals surface area (Å²) in [5, 5.41) is 0. The molecule has 0 N–H and O–H groups in total. The monoisotopic (exact) mass is 361 g/mol. The van der Waals surface area contributed by atoms with Gasteiger partial charge in [0.25, 0.3) is 5.91 Å². The van der Waals surface area contributed by atoms with Crippen LogP contribution in [0.25, 0.3) is 0 Å². The first-order chi connectivity index (χ1) is 9.86. The summed E-state index contributed by atoms with van der Waals surface area (Å²) in [4.78, 5) is 14.2. The van der Waals surface area contributed by atoms with E-state index in [1.807, 2.05) is 0 Å². The quantitative estimate of drug-likeness (QED) is 0.728. The van der Waals surface area contributed by atoms with Crippen molar-refractivity contribution in [2.45, 2.75) is 25.4 Å². The minimum atomic E-state index is -4.43. The second-order valence-corrected chi connectivity index (χ2v) is 6.71. The molecule has 0 bridgehead atoms. The highest BCUT2D eigenvalue weighted by molar-refractivity contribution is 9.10. The molecule has 2 atom stereocenters. The lowest BCUT2D eigenvalue weighted by atomic mass is 10.0. The highest BCUT2D eigenvalue weighted by Gasteiger charge is 2.39. The molecule has 114 valence electrons. The number of alkyl halides is 3. The van der Waals surface area contributed by atoms with E-state index in [-0.39, 0.29) is 11.5 Å². The normalized spacial score (nSPS) is 25.2. The maximum atomic E-state index is 12.8. The third-order valence-electron chi connectivity index (χ3n) is 4.54. The highest BCUT2D eigenvalue weighted by atomic mass is 79.9. The van der Waals surface area contributed by atoms with Crippen molar-refractivity contribution in [2.75, 3.05) is 13.1 Å². The van der Waals surface area contributed by atoms with E-state index in [1.54, 1.807) is 4.90 Å². The van der Waals surface area contributed by atoms with Gasteiger partial charge in [-0.2, -0.15) is 13.2 Å². The molecule has 1 amide bonds. The van der Waals surface area contributed by atoms with Crippen LogP contribution in [0.2, 0.25) is 0 Å². The first-order valence-electron chi connectivity index (χ1n) is 7.02. The van der Waals surface area contributed by atoms with Crippen LogP contribution in [-0.2, 0) is 6.18 Å². The number of carbonyl (C=O) groups is 1. The summed E-state index contributed by atoms with van der Waals surface area (Å²) in [7, 11) is 0. The van der Waals surface area contributed by atoms with E-state index in [1.165, 1.54) is 12.5 Å². The van der Waals surface area contributed by atoms with E-state index in [0.717, 1.165) is 25.0 Å². The van der Waals surface area contributed by atoms with Crippen molar-refractivity contribution in [1.29, 1.82) is 0 Å². The van der Waals surface area contributed by atoms with Gasteiger partial charge in [-0.15, -0.1) is 0 Å². The molecule has 2 unspecified atom stereocenters. The second-order valence-electron chi connectivity index (χ2n) is 5.85. The molecular weight excluding hydrogens is 347 g/mol. The summed E-state index contributed by atoms with van der Waals surface area (Å²) in [6.07, 6.45) is -0.988. The van der Waals surface area contributed by atoms with Gasteiger partial charge in [-0.3, -0.25) is 4.79 Å². The lowest BCUT2D eigenvalue weighted by Crippen LogP contribution is -2.30. The molecule has 1 saturated heterocycles. The molecule has 21 heavy (non-hydrogen) atoms. The Kier molecular flexibility index (Phi) is 3.76. The fourth-order valence-electron chi connectivity index (χ4n) is 3.44. The maximum absolute atomic E-state index is 12.8. The second kappa shape index (κ2) is 5.30. The van der Waals surface area contributed by atoms with Crippen molar-refractivity contribution < 1.29 is 18.0 Å². The van der Waals surface area contributed by atoms with Crippen LogP contribution in [0.3, 0.4) is 0 Å². The number of carbonyl (C=O) groups excluding carboxylic acids is 1. The Morgan fingerprint density at radius 1 is 1.19 bits per heavy atom. The van der Waals surface area contributed by atoms with Gasteiger partial charge in [0.05, 0.1) is 11.1 Å². The van der Waals surface area contributed by atoms with E-state index in [9.17, 15) is 18.0 Å². The predicted molar refractivity (Wildman–Crippen MR) is 75.9 cm³/mol. The molecule has 2 nitrogen and oxygen atoms in total. The zero-order chi connectivity index (χ0) is 15.2. The molecule has 2 fully saturated rings. The highest BCUT2D eigenvalue weighted by Crippen LogP contribution is 2.39. The molecule has 1 aromatic carbocycles. The number of likely N-dealkylation sites (tertiary alicyclic amines) is 1. The Balaban J connectivity index is 1.84. The van der Waals surface area contributed by atoms with Gasteiger partial charge < -0.3 is 4.90 Å². The molecule has 1 heterocycles. The van der Waals surface area contributed by atoms with Crippen molar-refractivity contribution in [3.05, 3.63) is 33.8 Å². The summed E-state index contributed by atoms with van der Waals surface area (Å²) >= 11 is 3.19. The van der Waals surface area contributed by atoms with Crippen molar-refractivity contribution in [2.24, 2.45) is 11.8 Å². The van der Waals surface area contributed by atoms with E-state index in [2.05, 4.69) is 15.9 Å². The summed E-state index contributed by atoms with van der Waals surface area (Å²) in [6, 6.07) is 3.23. The van der Waals surface area contributed by atoms with Crippen molar-refractivity contribution in [3.63, 3.8) is 0 Å². The van der Waals surface area contributed by atoms with Gasteiger partial charge in [0.15, 0.2) is 0 Å². The molecule has 3 rings (SSSR count). The van der Waals surface area contributed by atoms with E-state index >= 15 is 0 Å². The fraction of sp³-hybridized carbons (Fsp3) is 0.533. The number of nitrogens with zero attached hydrogens (tertiary/aromatic N) is 1. The van der Waals surface area contributed by atoms with E-state index in [0.29, 0.717) is 29.4 Å². The molecule has 6 heteroatoms. The molecule has 0 spiro atoms. The van der Waals surface area contributed by atoms with Crippen LogP contribution < -0.4 is 0 Å². The van der Waals surface area contributed by atoms with Crippen molar-refractivity contribution >= 4 is 21.8 Å². The summed E-state index contributed by atoms with van der Waals surface area (Å²) in [5.41, 5.74) is -0.682. The molecule has 1 saturated carbocycles. The average molecular weight is 362 g/mol. The first kappa shape index (κ1) is 14.9. The van der Waals surface area contributed by atoms with Gasteiger partial charge in [-0.1, -0.05) is 6.42 Å². The number of halogens is 4. The summed E-state index contributed by atoms with van der Waals surface area (Å²) in [5.74, 6) is 0.749. The lowest BCUT2D eigenvalue weighted by molar-refractivity contribution is -0.137. The molecule has 0 aromatic heterocycles. The third-order valence-corrected chi connectivity index (χ3v) is 5.23. The average Bonchev–Trinajstić information content (AvgIpc) is 2.97. The van der Waals surface area contributed by atoms with Gasteiger partial charge in [0.2, 0.25) is 0 Å². The van der Waals surface area contributed by atoms with Crippen LogP contribution in [0.5, 0.6) is 0 Å². The molecule has 1 aromatic rings. The van der Waals surface area contributed by atoms with Crippen LogP contribution in [0.15, 0.2) is 22.7 Å². The number of hydrogen-bond acceptors (Lipinski definition) is 1.